The van der Waals surface area contributed by atoms with Crippen LogP contribution in [0.15, 0.2) is 62.8 Å². The Morgan fingerprint density at radius 1 is 1.07 bits per heavy atom. The zero-order chi connectivity index (χ0) is 21.4. The molecule has 0 aliphatic heterocycles. The Bertz CT molecular complexity index is 1370. The van der Waals surface area contributed by atoms with E-state index in [4.69, 9.17) is 5.73 Å². The molecule has 3 heterocycles. The van der Waals surface area contributed by atoms with Gasteiger partial charge < -0.3 is 11.1 Å². The molecule has 9 heteroatoms. The van der Waals surface area contributed by atoms with E-state index < -0.39 is 17.2 Å². The van der Waals surface area contributed by atoms with Gasteiger partial charge in [0.15, 0.2) is 11.4 Å². The van der Waals surface area contributed by atoms with Crippen molar-refractivity contribution in [2.24, 2.45) is 14.1 Å². The second-order valence-corrected chi connectivity index (χ2v) is 8.62. The van der Waals surface area contributed by atoms with Crippen molar-refractivity contribution in [3.8, 4) is 0 Å². The van der Waals surface area contributed by atoms with Gasteiger partial charge in [-0.2, -0.15) is 0 Å². The third-order valence-electron chi connectivity index (χ3n) is 4.91. The lowest BCUT2D eigenvalue weighted by Crippen LogP contribution is -2.38. The molecule has 3 aromatic heterocycles. The summed E-state index contributed by atoms with van der Waals surface area (Å²) < 4.78 is 2.30. The van der Waals surface area contributed by atoms with Crippen molar-refractivity contribution in [1.29, 1.82) is 0 Å². The SMILES string of the molecule is Cn1c(=O)c2c(C[s+]3cccc3)c(C(=O)Nc3ccccc3)c(N)nc2n(C)c1=O. The highest BCUT2D eigenvalue weighted by atomic mass is 32.2. The molecule has 4 rings (SSSR count). The van der Waals surface area contributed by atoms with Crippen LogP contribution < -0.4 is 22.3 Å². The van der Waals surface area contributed by atoms with Crippen molar-refractivity contribution in [1.82, 2.24) is 14.1 Å². The van der Waals surface area contributed by atoms with Crippen LogP contribution in [0.2, 0.25) is 0 Å². The molecule has 8 nitrogen and oxygen atoms in total. The third kappa shape index (κ3) is 3.29. The summed E-state index contributed by atoms with van der Waals surface area (Å²) >= 11 is 0. The van der Waals surface area contributed by atoms with Crippen molar-refractivity contribution in [3.05, 3.63) is 85.2 Å². The zero-order valence-electron chi connectivity index (χ0n) is 16.5. The lowest BCUT2D eigenvalue weighted by atomic mass is 10.1. The number of para-hydroxylation sites is 1. The van der Waals surface area contributed by atoms with E-state index in [0.29, 0.717) is 17.0 Å². The predicted octanol–water partition coefficient (Wildman–Crippen LogP) is 2.26. The van der Waals surface area contributed by atoms with Crippen molar-refractivity contribution in [3.63, 3.8) is 0 Å². The summed E-state index contributed by atoms with van der Waals surface area (Å²) in [7, 11) is 2.64. The summed E-state index contributed by atoms with van der Waals surface area (Å²) in [5, 5.41) is 7.07. The Morgan fingerprint density at radius 2 is 1.73 bits per heavy atom. The van der Waals surface area contributed by atoms with E-state index in [1.807, 2.05) is 29.0 Å². The van der Waals surface area contributed by atoms with Gasteiger partial charge in [0.1, 0.15) is 16.6 Å². The number of rotatable bonds is 4. The molecule has 152 valence electrons. The first kappa shape index (κ1) is 19.6. The summed E-state index contributed by atoms with van der Waals surface area (Å²) in [4.78, 5) is 42.9. The van der Waals surface area contributed by atoms with Crippen molar-refractivity contribution in [2.45, 2.75) is 5.75 Å². The molecule has 0 radical (unpaired) electrons. The molecule has 0 saturated carbocycles. The molecule has 30 heavy (non-hydrogen) atoms. The number of hydrogen-bond acceptors (Lipinski definition) is 5. The number of aryl methyl sites for hydroxylation is 1. The summed E-state index contributed by atoms with van der Waals surface area (Å²) in [5.41, 5.74) is 6.60. The molecular formula is C21H20N5O3S+. The Labute approximate surface area is 174 Å². The highest BCUT2D eigenvalue weighted by Crippen LogP contribution is 2.30. The predicted molar refractivity (Wildman–Crippen MR) is 119 cm³/mol. The number of benzene rings is 1. The van der Waals surface area contributed by atoms with Gasteiger partial charge in [0.25, 0.3) is 11.5 Å². The standard InChI is InChI=1S/C21H19N5O3S/c1-25-18-16(20(28)26(2)21(25)29)14(12-30-10-6-7-11-30)15(17(22)24-18)19(27)23-13-8-4-3-5-9-13/h3-11H,12H2,1-2H3,(H2-,22,23,24,27,28)/p+1. The molecule has 0 aliphatic carbocycles. The summed E-state index contributed by atoms with van der Waals surface area (Å²) in [6.07, 6.45) is 0. The Balaban J connectivity index is 2.01. The van der Waals surface area contributed by atoms with Gasteiger partial charge in [-0.1, -0.05) is 18.2 Å². The van der Waals surface area contributed by atoms with Crippen LogP contribution in [0.5, 0.6) is 0 Å². The van der Waals surface area contributed by atoms with Crippen LogP contribution in [0.3, 0.4) is 0 Å². The minimum atomic E-state index is -0.505. The number of carbonyl (C=O) groups excluding carboxylic acids is 1. The van der Waals surface area contributed by atoms with E-state index >= 15 is 0 Å². The fourth-order valence-corrected chi connectivity index (χ4v) is 4.88. The van der Waals surface area contributed by atoms with Gasteiger partial charge in [-0.05, 0) is 34.7 Å². The van der Waals surface area contributed by atoms with Crippen LogP contribution in [-0.2, 0) is 19.8 Å². The first-order chi connectivity index (χ1) is 14.4. The summed E-state index contributed by atoms with van der Waals surface area (Å²) in [5.74, 6) is -0.0685. The fraction of sp³-hybridized carbons (Fsp3) is 0.143. The lowest BCUT2D eigenvalue weighted by Gasteiger charge is -2.15. The average Bonchev–Trinajstić information content (AvgIpc) is 3.24. The van der Waals surface area contributed by atoms with Crippen molar-refractivity contribution < 1.29 is 4.79 Å². The van der Waals surface area contributed by atoms with Crippen LogP contribution in [0.4, 0.5) is 11.5 Å². The molecule has 1 aromatic carbocycles. The molecule has 0 aliphatic rings. The Hall–Kier alpha value is -3.72. The molecule has 3 N–H and O–H groups in total. The number of aromatic nitrogens is 3. The van der Waals surface area contributed by atoms with Gasteiger partial charge in [0.2, 0.25) is 0 Å². The maximum absolute atomic E-state index is 13.2. The molecule has 0 bridgehead atoms. The van der Waals surface area contributed by atoms with Gasteiger partial charge in [-0.25, -0.2) is 9.78 Å². The highest BCUT2D eigenvalue weighted by molar-refractivity contribution is 7.27. The molecule has 1 amide bonds. The number of amides is 1. The minimum Gasteiger partial charge on any atom is -0.383 e. The molecule has 0 spiro atoms. The van der Waals surface area contributed by atoms with Crippen LogP contribution in [0.1, 0.15) is 15.9 Å². The van der Waals surface area contributed by atoms with Crippen LogP contribution in [0.25, 0.3) is 11.0 Å². The molecule has 0 fully saturated rings. The van der Waals surface area contributed by atoms with Crippen molar-refractivity contribution >= 4 is 38.9 Å². The lowest BCUT2D eigenvalue weighted by molar-refractivity contribution is 0.102. The molecular weight excluding hydrogens is 402 g/mol. The first-order valence-corrected chi connectivity index (χ1v) is 10.7. The number of nitrogens with zero attached hydrogens (tertiary/aromatic N) is 3. The summed E-state index contributed by atoms with van der Waals surface area (Å²) in [6, 6.07) is 12.8. The van der Waals surface area contributed by atoms with E-state index in [9.17, 15) is 14.4 Å². The molecule has 0 atom stereocenters. The second kappa shape index (κ2) is 7.60. The summed E-state index contributed by atoms with van der Waals surface area (Å²) in [6.45, 7) is 0. The topological polar surface area (TPSA) is 112 Å². The number of pyridine rings is 1. The monoisotopic (exact) mass is 422 g/mol. The van der Waals surface area contributed by atoms with E-state index in [1.54, 1.807) is 24.3 Å². The second-order valence-electron chi connectivity index (χ2n) is 6.85. The number of fused-ring (bicyclic) bond motifs is 1. The number of hydrogen-bond donors (Lipinski definition) is 2. The van der Waals surface area contributed by atoms with Gasteiger partial charge in [0, 0.05) is 25.3 Å². The normalized spacial score (nSPS) is 11.0. The third-order valence-corrected chi connectivity index (χ3v) is 6.54. The van der Waals surface area contributed by atoms with Crippen LogP contribution in [0, 0.1) is 0 Å². The number of nitrogens with one attached hydrogen (secondary N) is 1. The largest absolute Gasteiger partial charge is 0.383 e. The maximum atomic E-state index is 13.2. The highest BCUT2D eigenvalue weighted by Gasteiger charge is 2.26. The van der Waals surface area contributed by atoms with Gasteiger partial charge in [0.05, 0.1) is 10.9 Å². The average molecular weight is 422 g/mol. The van der Waals surface area contributed by atoms with Gasteiger partial charge in [-0.3, -0.25) is 18.7 Å². The van der Waals surface area contributed by atoms with E-state index in [2.05, 4.69) is 10.3 Å². The number of thiophene rings is 1. The van der Waals surface area contributed by atoms with E-state index in [1.165, 1.54) is 18.7 Å². The number of nitrogen functional groups attached to an aromatic ring is 1. The Morgan fingerprint density at radius 3 is 2.40 bits per heavy atom. The smallest absolute Gasteiger partial charge is 0.332 e. The van der Waals surface area contributed by atoms with E-state index in [-0.39, 0.29) is 32.9 Å². The van der Waals surface area contributed by atoms with Crippen LogP contribution in [-0.4, -0.2) is 20.0 Å². The maximum Gasteiger partial charge on any atom is 0.332 e. The van der Waals surface area contributed by atoms with Crippen LogP contribution >= 0.6 is 10.5 Å². The first-order valence-electron chi connectivity index (χ1n) is 9.16. The fourth-order valence-electron chi connectivity index (χ4n) is 3.39. The van der Waals surface area contributed by atoms with Gasteiger partial charge in [-0.15, -0.1) is 0 Å². The number of carbonyl (C=O) groups is 1. The minimum absolute atomic E-state index is 0.0232. The molecule has 0 unspecified atom stereocenters. The van der Waals surface area contributed by atoms with Gasteiger partial charge >= 0.3 is 5.69 Å². The molecule has 4 aromatic rings. The Kier molecular flexibility index (Phi) is 4.96. The number of nitrogens with two attached hydrogens (primary N) is 1. The number of anilines is 2. The molecule has 0 saturated heterocycles. The quantitative estimate of drug-likeness (QED) is 0.490. The van der Waals surface area contributed by atoms with Crippen molar-refractivity contribution in [2.75, 3.05) is 11.1 Å². The zero-order valence-corrected chi connectivity index (χ0v) is 17.3. The van der Waals surface area contributed by atoms with E-state index in [0.717, 1.165) is 4.57 Å².